The molecule has 4 heteroatoms. The zero-order valence-corrected chi connectivity index (χ0v) is 10.1. The van der Waals surface area contributed by atoms with Crippen molar-refractivity contribution in [3.05, 3.63) is 41.7 Å². The molecule has 1 aromatic carbocycles. The molecule has 2 rings (SSSR count). The van der Waals surface area contributed by atoms with Gasteiger partial charge in [0.15, 0.2) is 5.16 Å². The van der Waals surface area contributed by atoms with Gasteiger partial charge in [0.2, 0.25) is 0 Å². The Morgan fingerprint density at radius 3 is 2.50 bits per heavy atom. The summed E-state index contributed by atoms with van der Waals surface area (Å²) >= 11 is 1.49. The first-order valence-electron chi connectivity index (χ1n) is 4.98. The number of para-hydroxylation sites is 1. The van der Waals surface area contributed by atoms with Crippen LogP contribution in [0.2, 0.25) is 0 Å². The van der Waals surface area contributed by atoms with Crippen LogP contribution in [-0.2, 0) is 0 Å². The van der Waals surface area contributed by atoms with Gasteiger partial charge in [0.25, 0.3) is 0 Å². The van der Waals surface area contributed by atoms with Crippen LogP contribution in [-0.4, -0.2) is 9.97 Å². The highest BCUT2D eigenvalue weighted by atomic mass is 32.2. The average Bonchev–Trinajstić information content (AvgIpc) is 2.28. The molecular formula is C12H13N3S. The Balaban J connectivity index is 2.27. The van der Waals surface area contributed by atoms with E-state index >= 15 is 0 Å². The molecule has 82 valence electrons. The summed E-state index contributed by atoms with van der Waals surface area (Å²) < 4.78 is 0. The standard InChI is InChI=1S/C12H13N3S/c1-8-6-14-12(15-7-8)16-10-5-3-4-9(2)11(10)13/h3-7H,13H2,1-2H3. The number of aryl methyl sites for hydroxylation is 2. The minimum Gasteiger partial charge on any atom is -0.398 e. The normalized spacial score (nSPS) is 10.4. The Morgan fingerprint density at radius 2 is 1.81 bits per heavy atom. The summed E-state index contributed by atoms with van der Waals surface area (Å²) in [5.41, 5.74) is 8.92. The van der Waals surface area contributed by atoms with E-state index in [2.05, 4.69) is 9.97 Å². The molecule has 0 saturated carbocycles. The number of aromatic nitrogens is 2. The SMILES string of the molecule is Cc1cnc(Sc2cccc(C)c2N)nc1. The van der Waals surface area contributed by atoms with E-state index in [0.717, 1.165) is 26.9 Å². The third kappa shape index (κ3) is 2.33. The van der Waals surface area contributed by atoms with Crippen LogP contribution in [0.1, 0.15) is 11.1 Å². The van der Waals surface area contributed by atoms with E-state index in [-0.39, 0.29) is 0 Å². The Labute approximate surface area is 99.1 Å². The Hall–Kier alpha value is -1.55. The van der Waals surface area contributed by atoms with Crippen molar-refractivity contribution in [3.8, 4) is 0 Å². The van der Waals surface area contributed by atoms with Crippen molar-refractivity contribution in [1.82, 2.24) is 9.97 Å². The van der Waals surface area contributed by atoms with Gasteiger partial charge in [-0.05, 0) is 42.8 Å². The van der Waals surface area contributed by atoms with Crippen molar-refractivity contribution in [3.63, 3.8) is 0 Å². The number of hydrogen-bond donors (Lipinski definition) is 1. The van der Waals surface area contributed by atoms with E-state index in [4.69, 9.17) is 5.73 Å². The summed E-state index contributed by atoms with van der Waals surface area (Å²) in [6, 6.07) is 5.97. The van der Waals surface area contributed by atoms with Crippen LogP contribution in [0.15, 0.2) is 40.6 Å². The van der Waals surface area contributed by atoms with Crippen LogP contribution >= 0.6 is 11.8 Å². The molecule has 0 fully saturated rings. The maximum Gasteiger partial charge on any atom is 0.192 e. The first kappa shape index (κ1) is 11.0. The van der Waals surface area contributed by atoms with Gasteiger partial charge in [-0.15, -0.1) is 0 Å². The van der Waals surface area contributed by atoms with Gasteiger partial charge in [0, 0.05) is 23.0 Å². The van der Waals surface area contributed by atoms with Gasteiger partial charge in [-0.3, -0.25) is 0 Å². The number of nitrogens with zero attached hydrogens (tertiary/aromatic N) is 2. The van der Waals surface area contributed by atoms with E-state index in [1.165, 1.54) is 11.8 Å². The lowest BCUT2D eigenvalue weighted by Crippen LogP contribution is -1.93. The fraction of sp³-hybridized carbons (Fsp3) is 0.167. The van der Waals surface area contributed by atoms with Crippen molar-refractivity contribution in [2.45, 2.75) is 23.9 Å². The van der Waals surface area contributed by atoms with Gasteiger partial charge >= 0.3 is 0 Å². The van der Waals surface area contributed by atoms with E-state index in [9.17, 15) is 0 Å². The number of anilines is 1. The summed E-state index contributed by atoms with van der Waals surface area (Å²) in [5, 5.41) is 0.725. The molecule has 2 aromatic rings. The topological polar surface area (TPSA) is 51.8 Å². The highest BCUT2D eigenvalue weighted by Gasteiger charge is 2.05. The molecular weight excluding hydrogens is 218 g/mol. The average molecular weight is 231 g/mol. The van der Waals surface area contributed by atoms with Gasteiger partial charge in [-0.25, -0.2) is 9.97 Å². The molecule has 3 nitrogen and oxygen atoms in total. The summed E-state index contributed by atoms with van der Waals surface area (Å²) in [6.45, 7) is 3.96. The highest BCUT2D eigenvalue weighted by molar-refractivity contribution is 7.99. The van der Waals surface area contributed by atoms with Gasteiger partial charge in [0.05, 0.1) is 0 Å². The first-order valence-corrected chi connectivity index (χ1v) is 5.80. The molecule has 0 atom stereocenters. The first-order chi connectivity index (χ1) is 7.66. The minimum atomic E-state index is 0.725. The molecule has 1 aromatic heterocycles. The summed E-state index contributed by atoms with van der Waals surface area (Å²) in [7, 11) is 0. The Bertz CT molecular complexity index is 494. The number of nitrogens with two attached hydrogens (primary N) is 1. The summed E-state index contributed by atoms with van der Waals surface area (Å²) in [4.78, 5) is 9.48. The van der Waals surface area contributed by atoms with Crippen LogP contribution in [0.3, 0.4) is 0 Å². The lowest BCUT2D eigenvalue weighted by Gasteiger charge is -2.06. The van der Waals surface area contributed by atoms with Gasteiger partial charge in [-0.1, -0.05) is 12.1 Å². The third-order valence-corrected chi connectivity index (χ3v) is 3.21. The zero-order chi connectivity index (χ0) is 11.5. The second-order valence-electron chi connectivity index (χ2n) is 3.63. The van der Waals surface area contributed by atoms with E-state index < -0.39 is 0 Å². The molecule has 0 saturated heterocycles. The second kappa shape index (κ2) is 4.53. The quantitative estimate of drug-likeness (QED) is 0.638. The Kier molecular flexibility index (Phi) is 3.10. The van der Waals surface area contributed by atoms with Crippen molar-refractivity contribution in [1.29, 1.82) is 0 Å². The molecule has 0 aliphatic heterocycles. The largest absolute Gasteiger partial charge is 0.398 e. The van der Waals surface area contributed by atoms with E-state index in [1.54, 1.807) is 12.4 Å². The predicted molar refractivity (Wildman–Crippen MR) is 66.5 cm³/mol. The molecule has 0 aliphatic rings. The smallest absolute Gasteiger partial charge is 0.192 e. The van der Waals surface area contributed by atoms with Gasteiger partial charge < -0.3 is 5.73 Å². The predicted octanol–water partition coefficient (Wildman–Crippen LogP) is 2.83. The minimum absolute atomic E-state index is 0.725. The fourth-order valence-corrected chi connectivity index (χ4v) is 2.10. The number of nitrogen functional groups attached to an aromatic ring is 1. The summed E-state index contributed by atoms with van der Waals surface area (Å²) in [5.74, 6) is 0. The molecule has 0 bridgehead atoms. The van der Waals surface area contributed by atoms with Gasteiger partial charge in [-0.2, -0.15) is 0 Å². The maximum atomic E-state index is 5.98. The third-order valence-electron chi connectivity index (χ3n) is 2.24. The maximum absolute atomic E-state index is 5.98. The van der Waals surface area contributed by atoms with Crippen LogP contribution < -0.4 is 5.73 Å². The van der Waals surface area contributed by atoms with Crippen molar-refractivity contribution < 1.29 is 0 Å². The molecule has 0 unspecified atom stereocenters. The van der Waals surface area contributed by atoms with Crippen molar-refractivity contribution >= 4 is 17.4 Å². The zero-order valence-electron chi connectivity index (χ0n) is 9.27. The van der Waals surface area contributed by atoms with Crippen LogP contribution in [0.5, 0.6) is 0 Å². The highest BCUT2D eigenvalue weighted by Crippen LogP contribution is 2.31. The van der Waals surface area contributed by atoms with E-state index in [0.29, 0.717) is 0 Å². The molecule has 0 amide bonds. The second-order valence-corrected chi connectivity index (χ2v) is 4.64. The number of rotatable bonds is 2. The van der Waals surface area contributed by atoms with Crippen molar-refractivity contribution in [2.24, 2.45) is 0 Å². The van der Waals surface area contributed by atoms with Crippen LogP contribution in [0.4, 0.5) is 5.69 Å². The number of hydrogen-bond acceptors (Lipinski definition) is 4. The summed E-state index contributed by atoms with van der Waals surface area (Å²) in [6.07, 6.45) is 3.61. The molecule has 1 heterocycles. The molecule has 2 N–H and O–H groups in total. The molecule has 0 aliphatic carbocycles. The molecule has 0 spiro atoms. The lowest BCUT2D eigenvalue weighted by molar-refractivity contribution is 0.950. The van der Waals surface area contributed by atoms with Gasteiger partial charge in [0.1, 0.15) is 0 Å². The van der Waals surface area contributed by atoms with E-state index in [1.807, 2.05) is 32.0 Å². The molecule has 0 radical (unpaired) electrons. The fourth-order valence-electron chi connectivity index (χ4n) is 1.27. The van der Waals surface area contributed by atoms with Crippen molar-refractivity contribution in [2.75, 3.05) is 5.73 Å². The number of benzene rings is 1. The van der Waals surface area contributed by atoms with Crippen LogP contribution in [0.25, 0.3) is 0 Å². The van der Waals surface area contributed by atoms with Crippen LogP contribution in [0, 0.1) is 13.8 Å². The molecule has 16 heavy (non-hydrogen) atoms. The Morgan fingerprint density at radius 1 is 1.12 bits per heavy atom. The lowest BCUT2D eigenvalue weighted by atomic mass is 10.2. The monoisotopic (exact) mass is 231 g/mol.